The number of halogens is 1. The summed E-state index contributed by atoms with van der Waals surface area (Å²) in [7, 11) is 1.60. The standard InChI is InChI=1S/C21H26FN5O2/c1-3-24-21(26-14-19(28)27-18-9-5-8-17(22)13-18)25-11-10-15-6-4-7-16(12-15)20(29)23-2/h4-9,12-13H,3,10-11,14H2,1-2H3,(H,23,29)(H,27,28)(H2,24,25,26). The van der Waals surface area contributed by atoms with Gasteiger partial charge in [-0.2, -0.15) is 0 Å². The summed E-state index contributed by atoms with van der Waals surface area (Å²) < 4.78 is 13.2. The van der Waals surface area contributed by atoms with E-state index in [0.29, 0.717) is 36.7 Å². The van der Waals surface area contributed by atoms with Crippen LogP contribution in [0.3, 0.4) is 0 Å². The van der Waals surface area contributed by atoms with Gasteiger partial charge in [-0.25, -0.2) is 9.38 Å². The van der Waals surface area contributed by atoms with E-state index in [2.05, 4.69) is 26.3 Å². The molecule has 154 valence electrons. The molecule has 2 amide bonds. The van der Waals surface area contributed by atoms with Crippen LogP contribution >= 0.6 is 0 Å². The van der Waals surface area contributed by atoms with E-state index < -0.39 is 5.82 Å². The second-order valence-electron chi connectivity index (χ2n) is 6.21. The number of benzene rings is 2. The monoisotopic (exact) mass is 399 g/mol. The minimum atomic E-state index is -0.415. The number of nitrogens with one attached hydrogen (secondary N) is 4. The average molecular weight is 399 g/mol. The van der Waals surface area contributed by atoms with Crippen molar-refractivity contribution in [3.8, 4) is 0 Å². The van der Waals surface area contributed by atoms with E-state index in [-0.39, 0.29) is 18.4 Å². The molecule has 4 N–H and O–H groups in total. The number of hydrogen-bond acceptors (Lipinski definition) is 3. The molecule has 0 saturated carbocycles. The van der Waals surface area contributed by atoms with Crippen molar-refractivity contribution in [3.05, 3.63) is 65.5 Å². The highest BCUT2D eigenvalue weighted by Crippen LogP contribution is 2.08. The van der Waals surface area contributed by atoms with Gasteiger partial charge in [0.15, 0.2) is 5.96 Å². The fourth-order valence-electron chi connectivity index (χ4n) is 2.60. The fourth-order valence-corrected chi connectivity index (χ4v) is 2.60. The molecule has 2 aromatic rings. The Morgan fingerprint density at radius 3 is 2.59 bits per heavy atom. The predicted molar refractivity (Wildman–Crippen MR) is 113 cm³/mol. The number of anilines is 1. The summed E-state index contributed by atoms with van der Waals surface area (Å²) in [6, 6.07) is 13.1. The number of hydrogen-bond donors (Lipinski definition) is 4. The van der Waals surface area contributed by atoms with Gasteiger partial charge in [-0.05, 0) is 49.2 Å². The highest BCUT2D eigenvalue weighted by molar-refractivity contribution is 5.94. The summed E-state index contributed by atoms with van der Waals surface area (Å²) in [5.41, 5.74) is 2.01. The lowest BCUT2D eigenvalue weighted by Crippen LogP contribution is -2.39. The van der Waals surface area contributed by atoms with Crippen molar-refractivity contribution in [1.29, 1.82) is 0 Å². The van der Waals surface area contributed by atoms with E-state index >= 15 is 0 Å². The molecular formula is C21H26FN5O2. The van der Waals surface area contributed by atoms with Crippen molar-refractivity contribution in [2.24, 2.45) is 4.99 Å². The number of amides is 2. The average Bonchev–Trinajstić information content (AvgIpc) is 2.71. The molecule has 0 spiro atoms. The van der Waals surface area contributed by atoms with Crippen LogP contribution in [0, 0.1) is 5.82 Å². The molecule has 8 heteroatoms. The smallest absolute Gasteiger partial charge is 0.251 e. The molecule has 0 heterocycles. The van der Waals surface area contributed by atoms with Crippen LogP contribution in [0.15, 0.2) is 53.5 Å². The molecule has 0 aromatic heterocycles. The zero-order chi connectivity index (χ0) is 21.1. The summed E-state index contributed by atoms with van der Waals surface area (Å²) in [4.78, 5) is 28.0. The first-order chi connectivity index (χ1) is 14.0. The second kappa shape index (κ2) is 11.4. The summed E-state index contributed by atoms with van der Waals surface area (Å²) >= 11 is 0. The zero-order valence-electron chi connectivity index (χ0n) is 16.6. The van der Waals surface area contributed by atoms with Gasteiger partial charge in [0.05, 0.1) is 0 Å². The molecule has 0 unspecified atom stereocenters. The lowest BCUT2D eigenvalue weighted by molar-refractivity contribution is -0.114. The highest BCUT2D eigenvalue weighted by Gasteiger charge is 2.06. The van der Waals surface area contributed by atoms with Gasteiger partial charge in [-0.3, -0.25) is 9.59 Å². The molecular weight excluding hydrogens is 373 g/mol. The zero-order valence-corrected chi connectivity index (χ0v) is 16.6. The number of nitrogens with zero attached hydrogens (tertiary/aromatic N) is 1. The van der Waals surface area contributed by atoms with Crippen molar-refractivity contribution in [1.82, 2.24) is 16.0 Å². The summed E-state index contributed by atoms with van der Waals surface area (Å²) in [6.45, 7) is 3.05. The van der Waals surface area contributed by atoms with Gasteiger partial charge in [-0.15, -0.1) is 0 Å². The fraction of sp³-hybridized carbons (Fsp3) is 0.286. The van der Waals surface area contributed by atoms with Crippen LogP contribution in [-0.4, -0.2) is 44.5 Å². The number of carbonyl (C=O) groups excluding carboxylic acids is 2. The summed E-state index contributed by atoms with van der Waals surface area (Å²) in [6.07, 6.45) is 0.685. The highest BCUT2D eigenvalue weighted by atomic mass is 19.1. The van der Waals surface area contributed by atoms with Crippen molar-refractivity contribution in [2.45, 2.75) is 13.3 Å². The molecule has 29 heavy (non-hydrogen) atoms. The molecule has 0 aliphatic heterocycles. The van der Waals surface area contributed by atoms with Gasteiger partial charge < -0.3 is 21.3 Å². The first-order valence-corrected chi connectivity index (χ1v) is 9.40. The Balaban J connectivity index is 1.87. The number of aliphatic imine (C=N–C) groups is 1. The van der Waals surface area contributed by atoms with E-state index in [1.165, 1.54) is 18.2 Å². The Bertz CT molecular complexity index is 870. The van der Waals surface area contributed by atoms with Crippen LogP contribution in [0.1, 0.15) is 22.8 Å². The number of rotatable bonds is 8. The molecule has 2 rings (SSSR count). The van der Waals surface area contributed by atoms with Crippen molar-refractivity contribution in [2.75, 3.05) is 32.0 Å². The molecule has 0 aliphatic carbocycles. The molecule has 0 fully saturated rings. The van der Waals surface area contributed by atoms with Gasteiger partial charge in [0.2, 0.25) is 5.91 Å². The Labute approximate surface area is 169 Å². The van der Waals surface area contributed by atoms with Crippen molar-refractivity contribution < 1.29 is 14.0 Å². The van der Waals surface area contributed by atoms with Crippen LogP contribution in [0.4, 0.5) is 10.1 Å². The van der Waals surface area contributed by atoms with E-state index in [9.17, 15) is 14.0 Å². The Kier molecular flexibility index (Phi) is 8.62. The molecule has 7 nitrogen and oxygen atoms in total. The maximum absolute atomic E-state index is 13.2. The second-order valence-corrected chi connectivity index (χ2v) is 6.21. The van der Waals surface area contributed by atoms with Gasteiger partial charge >= 0.3 is 0 Å². The van der Waals surface area contributed by atoms with Gasteiger partial charge in [0.25, 0.3) is 5.91 Å². The first-order valence-electron chi connectivity index (χ1n) is 9.40. The number of guanidine groups is 1. The Hall–Kier alpha value is -3.42. The van der Waals surface area contributed by atoms with E-state index in [1.807, 2.05) is 25.1 Å². The Morgan fingerprint density at radius 2 is 1.86 bits per heavy atom. The van der Waals surface area contributed by atoms with Gasteiger partial charge in [-0.1, -0.05) is 18.2 Å². The van der Waals surface area contributed by atoms with E-state index in [1.54, 1.807) is 19.2 Å². The lowest BCUT2D eigenvalue weighted by atomic mass is 10.1. The van der Waals surface area contributed by atoms with Crippen LogP contribution in [0.25, 0.3) is 0 Å². The molecule has 2 aromatic carbocycles. The third-order valence-corrected chi connectivity index (χ3v) is 3.96. The molecule has 0 radical (unpaired) electrons. The van der Waals surface area contributed by atoms with Crippen LogP contribution in [0.5, 0.6) is 0 Å². The Morgan fingerprint density at radius 1 is 1.07 bits per heavy atom. The van der Waals surface area contributed by atoms with E-state index in [0.717, 1.165) is 5.56 Å². The maximum Gasteiger partial charge on any atom is 0.251 e. The normalized spacial score (nSPS) is 10.9. The topological polar surface area (TPSA) is 94.6 Å². The molecule has 0 atom stereocenters. The SMILES string of the molecule is CCNC(=NCC(=O)Nc1cccc(F)c1)NCCc1cccc(C(=O)NC)c1. The minimum absolute atomic E-state index is 0.0992. The van der Waals surface area contributed by atoms with Crippen LogP contribution in [0.2, 0.25) is 0 Å². The lowest BCUT2D eigenvalue weighted by Gasteiger charge is -2.12. The molecule has 0 aliphatic rings. The third kappa shape index (κ3) is 7.61. The first kappa shape index (κ1) is 21.9. The molecule has 0 bridgehead atoms. The van der Waals surface area contributed by atoms with Gasteiger partial charge in [0, 0.05) is 31.4 Å². The summed E-state index contributed by atoms with van der Waals surface area (Å²) in [5.74, 6) is -0.378. The van der Waals surface area contributed by atoms with E-state index in [4.69, 9.17) is 0 Å². The summed E-state index contributed by atoms with van der Waals surface area (Å²) in [5, 5.41) is 11.4. The minimum Gasteiger partial charge on any atom is -0.357 e. The molecule has 0 saturated heterocycles. The van der Waals surface area contributed by atoms with Crippen LogP contribution < -0.4 is 21.3 Å². The largest absolute Gasteiger partial charge is 0.357 e. The van der Waals surface area contributed by atoms with Gasteiger partial charge in [0.1, 0.15) is 12.4 Å². The number of carbonyl (C=O) groups is 2. The maximum atomic E-state index is 13.2. The third-order valence-electron chi connectivity index (χ3n) is 3.96. The quantitative estimate of drug-likeness (QED) is 0.403. The van der Waals surface area contributed by atoms with Crippen LogP contribution in [-0.2, 0) is 11.2 Å². The van der Waals surface area contributed by atoms with Crippen molar-refractivity contribution >= 4 is 23.5 Å². The predicted octanol–water partition coefficient (Wildman–Crippen LogP) is 1.92. The van der Waals surface area contributed by atoms with Crippen molar-refractivity contribution in [3.63, 3.8) is 0 Å².